The van der Waals surface area contributed by atoms with Crippen molar-refractivity contribution in [2.45, 2.75) is 0 Å². The normalized spacial score (nSPS) is 19.5. The van der Waals surface area contributed by atoms with Crippen molar-refractivity contribution in [3.05, 3.63) is 11.9 Å². The van der Waals surface area contributed by atoms with E-state index in [-0.39, 0.29) is 0 Å². The predicted molar refractivity (Wildman–Crippen MR) is 18.0 cm³/mol. The van der Waals surface area contributed by atoms with E-state index in [9.17, 15) is 0 Å². The summed E-state index contributed by atoms with van der Waals surface area (Å²) >= 11 is 0. The third kappa shape index (κ3) is 0.132. The van der Waals surface area contributed by atoms with E-state index >= 15 is 0 Å². The van der Waals surface area contributed by atoms with E-state index in [2.05, 4.69) is 11.6 Å². The quantitative estimate of drug-likeness (QED) is 0.305. The van der Waals surface area contributed by atoms with Crippen molar-refractivity contribution >= 4 is 9.68 Å². The Labute approximate surface area is 27.6 Å². The van der Waals surface area contributed by atoms with E-state index in [1.54, 1.807) is 0 Å². The zero-order valence-electron chi connectivity index (χ0n) is 2.21. The predicted octanol–water partition coefficient (Wildman–Crippen LogP) is -0.320. The fourth-order valence-electron chi connectivity index (χ4n) is 0.0442. The Balaban J connectivity index is 2.60. The van der Waals surface area contributed by atoms with Crippen LogP contribution in [0.3, 0.4) is 0 Å². The monoisotopic (exact) mass is 69.0 g/mol. The lowest BCUT2D eigenvalue weighted by Gasteiger charge is -1.40. The molecule has 0 aromatic rings. The molecule has 4 heavy (non-hydrogen) atoms. The van der Waals surface area contributed by atoms with Crippen LogP contribution in [-0.2, 0) is 0 Å². The van der Waals surface area contributed by atoms with Crippen LogP contribution >= 0.6 is 0 Å². The van der Waals surface area contributed by atoms with Gasteiger partial charge in [0.2, 0.25) is 9.68 Å². The molecular weight excluding hydrogens is 66.1 g/mol. The molecule has 1 heterocycles. The maximum atomic E-state index is 3.57. The highest BCUT2D eigenvalue weighted by Crippen LogP contribution is 1.87. The molecule has 20 valence electrons. The first kappa shape index (κ1) is 2.02. The second-order valence-electron chi connectivity index (χ2n) is 0.729. The highest BCUT2D eigenvalue weighted by Gasteiger charge is 2.05. The molecule has 1 nitrogen and oxygen atoms in total. The SMILES string of the molecule is C=C1N[Si]1. The van der Waals surface area contributed by atoms with E-state index in [4.69, 9.17) is 0 Å². The minimum absolute atomic E-state index is 0.863. The fraction of sp³-hybridized carbons (Fsp3) is 0. The topological polar surface area (TPSA) is 21.9 Å². The molecule has 2 radical (unpaired) electrons. The van der Waals surface area contributed by atoms with Gasteiger partial charge in [-0.2, -0.15) is 0 Å². The largest absolute Gasteiger partial charge is 0.413 e. The number of hydrogen-bond donors (Lipinski definition) is 1. The molecule has 1 aliphatic heterocycles. The van der Waals surface area contributed by atoms with E-state index in [1.165, 1.54) is 5.32 Å². The summed E-state index contributed by atoms with van der Waals surface area (Å²) in [4.78, 5) is 2.93. The summed E-state index contributed by atoms with van der Waals surface area (Å²) in [6, 6.07) is 0. The van der Waals surface area contributed by atoms with Gasteiger partial charge in [0.25, 0.3) is 0 Å². The minimum Gasteiger partial charge on any atom is -0.413 e. The number of nitrogens with one attached hydrogen (secondary N) is 1. The third-order valence-corrected chi connectivity index (χ3v) is 0.905. The Hall–Kier alpha value is -0.243. The number of rotatable bonds is 0. The molecule has 0 aromatic carbocycles. The molecule has 0 aliphatic carbocycles. The van der Waals surface area contributed by atoms with Gasteiger partial charge in [0.05, 0.1) is 0 Å². The van der Waals surface area contributed by atoms with Crippen LogP contribution in [0.25, 0.3) is 0 Å². The van der Waals surface area contributed by atoms with Gasteiger partial charge in [-0.05, 0) is 0 Å². The van der Waals surface area contributed by atoms with Gasteiger partial charge in [-0.15, -0.1) is 0 Å². The summed E-state index contributed by atoms with van der Waals surface area (Å²) in [5, 5.41) is 1.19. The van der Waals surface area contributed by atoms with Crippen molar-refractivity contribution in [1.82, 2.24) is 4.98 Å². The Morgan fingerprint density at radius 3 is 2.25 bits per heavy atom. The smallest absolute Gasteiger partial charge is 0.236 e. The Morgan fingerprint density at radius 1 is 2.00 bits per heavy atom. The van der Waals surface area contributed by atoms with Crippen molar-refractivity contribution in [3.8, 4) is 0 Å². The lowest BCUT2D eigenvalue weighted by Crippen LogP contribution is -1.59. The zero-order valence-corrected chi connectivity index (χ0v) is 3.21. The Morgan fingerprint density at radius 2 is 2.25 bits per heavy atom. The van der Waals surface area contributed by atoms with Crippen LogP contribution in [-0.4, -0.2) is 9.68 Å². The van der Waals surface area contributed by atoms with Crippen molar-refractivity contribution in [3.63, 3.8) is 0 Å². The van der Waals surface area contributed by atoms with Gasteiger partial charge in [0, 0.05) is 5.32 Å². The van der Waals surface area contributed by atoms with E-state index in [0.29, 0.717) is 0 Å². The van der Waals surface area contributed by atoms with Crippen LogP contribution < -0.4 is 4.98 Å². The van der Waals surface area contributed by atoms with Crippen molar-refractivity contribution in [2.24, 2.45) is 0 Å². The molecule has 0 aromatic heterocycles. The zero-order chi connectivity index (χ0) is 2.99. The van der Waals surface area contributed by atoms with Crippen LogP contribution in [0.15, 0.2) is 11.9 Å². The van der Waals surface area contributed by atoms with Crippen LogP contribution in [0, 0.1) is 0 Å². The maximum absolute atomic E-state index is 3.57. The maximum Gasteiger partial charge on any atom is 0.236 e. The molecule has 1 N–H and O–H groups in total. The van der Waals surface area contributed by atoms with Crippen LogP contribution in [0.2, 0.25) is 0 Å². The van der Waals surface area contributed by atoms with Gasteiger partial charge in [-0.1, -0.05) is 6.58 Å². The van der Waals surface area contributed by atoms with E-state index < -0.39 is 0 Å². The summed E-state index contributed by atoms with van der Waals surface area (Å²) in [7, 11) is 0.863. The summed E-state index contributed by atoms with van der Waals surface area (Å²) in [6.07, 6.45) is 0. The van der Waals surface area contributed by atoms with Crippen LogP contribution in [0.5, 0.6) is 0 Å². The molecule has 0 bridgehead atoms. The molecule has 1 saturated heterocycles. The second kappa shape index (κ2) is 0.376. The lowest BCUT2D eigenvalue weighted by atomic mass is 11.1. The minimum atomic E-state index is 0.863. The highest BCUT2D eigenvalue weighted by molar-refractivity contribution is 6.55. The first-order valence-corrected chi connectivity index (χ1v) is 2.10. The lowest BCUT2D eigenvalue weighted by molar-refractivity contribution is 1.54. The van der Waals surface area contributed by atoms with E-state index in [1.807, 2.05) is 0 Å². The van der Waals surface area contributed by atoms with Crippen LogP contribution in [0.1, 0.15) is 0 Å². The standard InChI is InChI=1S/C2H3NSi/c1-2-3-4-2/h3H,1H2. The van der Waals surface area contributed by atoms with Crippen molar-refractivity contribution in [2.75, 3.05) is 0 Å². The molecule has 2 heteroatoms. The van der Waals surface area contributed by atoms with Gasteiger partial charge in [-0.25, -0.2) is 0 Å². The van der Waals surface area contributed by atoms with Gasteiger partial charge in [-0.3, -0.25) is 0 Å². The van der Waals surface area contributed by atoms with Gasteiger partial charge < -0.3 is 4.98 Å². The Kier molecular flexibility index (Phi) is 0.190. The van der Waals surface area contributed by atoms with Crippen molar-refractivity contribution in [1.29, 1.82) is 0 Å². The third-order valence-electron chi connectivity index (χ3n) is 0.302. The molecule has 0 atom stereocenters. The molecule has 0 saturated carbocycles. The first-order chi connectivity index (χ1) is 1.89. The first-order valence-electron chi connectivity index (χ1n) is 1.10. The molecule has 1 fully saturated rings. The summed E-state index contributed by atoms with van der Waals surface area (Å²) in [5.41, 5.74) is 0. The van der Waals surface area contributed by atoms with Gasteiger partial charge in [0.15, 0.2) is 0 Å². The fourth-order valence-corrected chi connectivity index (χ4v) is 0.133. The Bertz CT molecular complexity index is 44.0. The number of hydrogen-bond acceptors (Lipinski definition) is 1. The van der Waals surface area contributed by atoms with Gasteiger partial charge in [0.1, 0.15) is 0 Å². The highest BCUT2D eigenvalue weighted by atomic mass is 28.2. The second-order valence-corrected chi connectivity index (χ2v) is 1.83. The molecule has 0 spiro atoms. The molecule has 0 amide bonds. The van der Waals surface area contributed by atoms with E-state index in [0.717, 1.165) is 9.68 Å². The average Bonchev–Trinajstić information content (AvgIpc) is 1.75. The molecule has 1 rings (SSSR count). The molecule has 1 aliphatic rings. The van der Waals surface area contributed by atoms with Crippen LogP contribution in [0.4, 0.5) is 0 Å². The summed E-state index contributed by atoms with van der Waals surface area (Å²) in [6.45, 7) is 3.57. The molecular formula is C2H3NSi. The van der Waals surface area contributed by atoms with Gasteiger partial charge >= 0.3 is 0 Å². The van der Waals surface area contributed by atoms with Crippen molar-refractivity contribution < 1.29 is 0 Å². The summed E-state index contributed by atoms with van der Waals surface area (Å²) in [5.74, 6) is 0. The summed E-state index contributed by atoms with van der Waals surface area (Å²) < 4.78 is 0. The average molecular weight is 69.1 g/mol. The molecule has 0 unspecified atom stereocenters.